The zero-order valence-electron chi connectivity index (χ0n) is 20.0. The molecule has 7 rings (SSSR count). The second kappa shape index (κ2) is 8.70. The topological polar surface area (TPSA) is 66.5 Å². The van der Waals surface area contributed by atoms with Gasteiger partial charge in [-0.15, -0.1) is 0 Å². The van der Waals surface area contributed by atoms with E-state index in [2.05, 4.69) is 29.6 Å². The molecule has 0 saturated carbocycles. The summed E-state index contributed by atoms with van der Waals surface area (Å²) in [5.74, 6) is -2.80. The van der Waals surface area contributed by atoms with Crippen LogP contribution in [0.1, 0.15) is 60.3 Å². The number of likely N-dealkylation sites (tertiary alicyclic amines) is 1. The number of carbonyl (C=O) groups excluding carboxylic acids is 3. The van der Waals surface area contributed by atoms with E-state index in [1.807, 2.05) is 31.2 Å². The van der Waals surface area contributed by atoms with Crippen molar-refractivity contribution in [2.24, 2.45) is 11.8 Å². The first-order valence-electron chi connectivity index (χ1n) is 12.6. The second-order valence-corrected chi connectivity index (χ2v) is 9.97. The molecule has 5 nitrogen and oxygen atoms in total. The molecule has 0 aromatic heterocycles. The number of hydrogen-bond acceptors (Lipinski definition) is 3. The van der Waals surface area contributed by atoms with Crippen LogP contribution in [0.5, 0.6) is 0 Å². The van der Waals surface area contributed by atoms with E-state index in [1.54, 1.807) is 0 Å². The van der Waals surface area contributed by atoms with E-state index < -0.39 is 29.6 Å². The van der Waals surface area contributed by atoms with Crippen molar-refractivity contribution in [1.82, 2.24) is 4.90 Å². The number of benzene rings is 3. The van der Waals surface area contributed by atoms with Gasteiger partial charge in [0, 0.05) is 17.5 Å². The molecule has 36 heavy (non-hydrogen) atoms. The van der Waals surface area contributed by atoms with Crippen LogP contribution < -0.4 is 5.32 Å². The van der Waals surface area contributed by atoms with Gasteiger partial charge < -0.3 is 5.32 Å². The maximum Gasteiger partial charge on any atom is 0.247 e. The molecule has 1 aliphatic heterocycles. The number of unbranched alkanes of at least 4 members (excludes halogenated alkanes) is 1. The summed E-state index contributed by atoms with van der Waals surface area (Å²) in [6.07, 6.45) is 1.91. The Hall–Kier alpha value is -3.80. The highest BCUT2D eigenvalue weighted by molar-refractivity contribution is 6.11. The lowest BCUT2D eigenvalue weighted by atomic mass is 9.55. The third-order valence-electron chi connectivity index (χ3n) is 8.04. The number of hydrogen-bond donors (Lipinski definition) is 1. The predicted octanol–water partition coefficient (Wildman–Crippen LogP) is 5.22. The van der Waals surface area contributed by atoms with E-state index in [0.717, 1.165) is 28.7 Å². The van der Waals surface area contributed by atoms with Crippen LogP contribution in [0.25, 0.3) is 0 Å². The van der Waals surface area contributed by atoms with Crippen molar-refractivity contribution in [2.45, 2.75) is 44.1 Å². The summed E-state index contributed by atoms with van der Waals surface area (Å²) in [5, 5.41) is 2.80. The van der Waals surface area contributed by atoms with Gasteiger partial charge in [-0.1, -0.05) is 68.3 Å². The fraction of sp³-hybridized carbons (Fsp3) is 0.300. The lowest BCUT2D eigenvalue weighted by Gasteiger charge is -2.45. The number of carbonyl (C=O) groups is 3. The molecule has 3 aliphatic carbocycles. The quantitative estimate of drug-likeness (QED) is 0.490. The molecular formula is C30H27FN2O3. The van der Waals surface area contributed by atoms with Crippen molar-refractivity contribution in [1.29, 1.82) is 0 Å². The number of rotatable bonds is 6. The van der Waals surface area contributed by atoms with Gasteiger partial charge in [0.2, 0.25) is 17.7 Å². The standard InChI is InChI=1S/C30H27FN2O3/c1-2-3-12-23(28(34)32-18-15-13-17(31)14-16-18)33-29(35)26-24-19-8-4-5-9-20(19)25(27(26)30(33)36)22-11-7-6-10-21(22)24/h4-11,13-16,23-27H,2-3,12H2,1H3,(H,32,34)/t23-,24?,25?,26-,27-/m1/s1. The van der Waals surface area contributed by atoms with Crippen LogP contribution in [0.4, 0.5) is 10.1 Å². The normalized spacial score (nSPS) is 24.2. The van der Waals surface area contributed by atoms with Crippen LogP contribution >= 0.6 is 0 Å². The zero-order chi connectivity index (χ0) is 25.0. The van der Waals surface area contributed by atoms with Gasteiger partial charge in [0.1, 0.15) is 11.9 Å². The van der Waals surface area contributed by atoms with Gasteiger partial charge in [-0.25, -0.2) is 4.39 Å². The van der Waals surface area contributed by atoms with Crippen molar-refractivity contribution in [2.75, 3.05) is 5.32 Å². The number of nitrogens with zero attached hydrogens (tertiary/aromatic N) is 1. The minimum Gasteiger partial charge on any atom is -0.324 e. The highest BCUT2D eigenvalue weighted by Gasteiger charge is 2.62. The van der Waals surface area contributed by atoms with E-state index in [0.29, 0.717) is 18.5 Å². The van der Waals surface area contributed by atoms with E-state index >= 15 is 0 Å². The molecule has 0 spiro atoms. The van der Waals surface area contributed by atoms with Gasteiger partial charge >= 0.3 is 0 Å². The molecule has 1 N–H and O–H groups in total. The maximum atomic E-state index is 14.0. The molecule has 182 valence electrons. The molecule has 1 fully saturated rings. The lowest BCUT2D eigenvalue weighted by molar-refractivity contribution is -0.147. The zero-order valence-corrected chi connectivity index (χ0v) is 20.0. The summed E-state index contributed by atoms with van der Waals surface area (Å²) in [5.41, 5.74) is 4.84. The van der Waals surface area contributed by atoms with Crippen LogP contribution in [-0.2, 0) is 14.4 Å². The molecule has 3 atom stereocenters. The Morgan fingerprint density at radius 3 is 1.75 bits per heavy atom. The molecule has 3 aromatic rings. The smallest absolute Gasteiger partial charge is 0.247 e. The Morgan fingerprint density at radius 1 is 0.833 bits per heavy atom. The Morgan fingerprint density at radius 2 is 1.31 bits per heavy atom. The van der Waals surface area contributed by atoms with E-state index in [1.165, 1.54) is 29.2 Å². The summed E-state index contributed by atoms with van der Waals surface area (Å²) in [7, 11) is 0. The van der Waals surface area contributed by atoms with Crippen molar-refractivity contribution >= 4 is 23.4 Å². The summed E-state index contributed by atoms with van der Waals surface area (Å²) < 4.78 is 13.4. The Labute approximate surface area is 209 Å². The largest absolute Gasteiger partial charge is 0.324 e. The van der Waals surface area contributed by atoms with Crippen LogP contribution in [0, 0.1) is 17.7 Å². The van der Waals surface area contributed by atoms with E-state index in [4.69, 9.17) is 0 Å². The van der Waals surface area contributed by atoms with Gasteiger partial charge in [-0.2, -0.15) is 0 Å². The fourth-order valence-electron chi connectivity index (χ4n) is 6.54. The summed E-state index contributed by atoms with van der Waals surface area (Å²) in [6, 6.07) is 20.8. The Bertz CT molecular complexity index is 1250. The highest BCUT2D eigenvalue weighted by atomic mass is 19.1. The van der Waals surface area contributed by atoms with Crippen LogP contribution in [0.3, 0.4) is 0 Å². The molecule has 2 bridgehead atoms. The third-order valence-corrected chi connectivity index (χ3v) is 8.04. The number of nitrogens with one attached hydrogen (secondary N) is 1. The van der Waals surface area contributed by atoms with Crippen molar-refractivity contribution in [3.05, 3.63) is 101 Å². The molecule has 1 heterocycles. The first kappa shape index (κ1) is 22.7. The van der Waals surface area contributed by atoms with E-state index in [-0.39, 0.29) is 23.7 Å². The number of halogens is 1. The van der Waals surface area contributed by atoms with Gasteiger partial charge in [-0.3, -0.25) is 19.3 Å². The molecule has 0 unspecified atom stereocenters. The van der Waals surface area contributed by atoms with Gasteiger partial charge in [-0.05, 0) is 52.9 Å². The minimum atomic E-state index is -0.911. The molecule has 6 heteroatoms. The van der Waals surface area contributed by atoms with Gasteiger partial charge in [0.15, 0.2) is 0 Å². The average molecular weight is 483 g/mol. The van der Waals surface area contributed by atoms with Crippen molar-refractivity contribution < 1.29 is 18.8 Å². The number of imide groups is 1. The maximum absolute atomic E-state index is 14.0. The molecule has 0 radical (unpaired) electrons. The number of anilines is 1. The van der Waals surface area contributed by atoms with Crippen molar-refractivity contribution in [3.8, 4) is 0 Å². The van der Waals surface area contributed by atoms with Crippen LogP contribution in [-0.4, -0.2) is 28.7 Å². The SMILES string of the molecule is CCCC[C@H](C(=O)Nc1ccc(F)cc1)N1C(=O)[C@@H]2C3c4ccccc4C(c4ccccc43)[C@H]2C1=O. The molecule has 3 aromatic carbocycles. The number of amides is 3. The predicted molar refractivity (Wildman–Crippen MR) is 134 cm³/mol. The first-order chi connectivity index (χ1) is 17.5. The molecular weight excluding hydrogens is 455 g/mol. The minimum absolute atomic E-state index is 0.208. The third kappa shape index (κ3) is 3.31. The van der Waals surface area contributed by atoms with Gasteiger partial charge in [0.05, 0.1) is 11.8 Å². The average Bonchev–Trinajstić information content (AvgIpc) is 3.16. The first-order valence-corrected chi connectivity index (χ1v) is 12.6. The molecule has 1 saturated heterocycles. The Kier molecular flexibility index (Phi) is 5.47. The van der Waals surface area contributed by atoms with Crippen LogP contribution in [0.2, 0.25) is 0 Å². The molecule has 4 aliphatic rings. The molecule has 3 amide bonds. The second-order valence-electron chi connectivity index (χ2n) is 9.97. The highest BCUT2D eigenvalue weighted by Crippen LogP contribution is 2.61. The summed E-state index contributed by atoms with van der Waals surface area (Å²) in [4.78, 5) is 42.8. The van der Waals surface area contributed by atoms with Crippen LogP contribution in [0.15, 0.2) is 72.8 Å². The summed E-state index contributed by atoms with van der Waals surface area (Å²) in [6.45, 7) is 2.01. The lowest BCUT2D eigenvalue weighted by Crippen LogP contribution is -2.48. The fourth-order valence-corrected chi connectivity index (χ4v) is 6.54. The van der Waals surface area contributed by atoms with Gasteiger partial charge in [0.25, 0.3) is 0 Å². The van der Waals surface area contributed by atoms with E-state index in [9.17, 15) is 18.8 Å². The summed E-state index contributed by atoms with van der Waals surface area (Å²) >= 11 is 0. The van der Waals surface area contributed by atoms with Crippen molar-refractivity contribution in [3.63, 3.8) is 0 Å². The Balaban J connectivity index is 1.39. The monoisotopic (exact) mass is 482 g/mol.